The second-order valence-corrected chi connectivity index (χ2v) is 6.51. The van der Waals surface area contributed by atoms with Gasteiger partial charge >= 0.3 is 0 Å². The van der Waals surface area contributed by atoms with Crippen LogP contribution in [-0.2, 0) is 16.6 Å². The maximum Gasteiger partial charge on any atom is 0.244 e. The van der Waals surface area contributed by atoms with E-state index in [1.807, 2.05) is 6.92 Å². The van der Waals surface area contributed by atoms with Gasteiger partial charge in [0.1, 0.15) is 10.6 Å². The Morgan fingerprint density at radius 2 is 2.11 bits per heavy atom. The van der Waals surface area contributed by atoms with Gasteiger partial charge in [0.25, 0.3) is 0 Å². The maximum absolute atomic E-state index is 12.2. The molecule has 0 saturated heterocycles. The van der Waals surface area contributed by atoms with Gasteiger partial charge in [0, 0.05) is 12.1 Å². The quantitative estimate of drug-likeness (QED) is 0.836. The molecule has 0 heterocycles. The van der Waals surface area contributed by atoms with Crippen molar-refractivity contribution in [1.29, 1.82) is 0 Å². The number of methoxy groups -OCH3 is 1. The fourth-order valence-electron chi connectivity index (χ4n) is 1.73. The molecular formula is C12H18N2O3S. The van der Waals surface area contributed by atoms with Gasteiger partial charge in [0.15, 0.2) is 0 Å². The van der Waals surface area contributed by atoms with Crippen LogP contribution < -0.4 is 15.2 Å². The minimum absolute atomic E-state index is 0.162. The minimum Gasteiger partial charge on any atom is -0.495 e. The van der Waals surface area contributed by atoms with E-state index in [0.29, 0.717) is 12.3 Å². The highest BCUT2D eigenvalue weighted by Crippen LogP contribution is 2.37. The highest BCUT2D eigenvalue weighted by atomic mass is 32.2. The lowest BCUT2D eigenvalue weighted by Crippen LogP contribution is -2.34. The molecule has 1 saturated carbocycles. The van der Waals surface area contributed by atoms with E-state index in [1.165, 1.54) is 13.2 Å². The lowest BCUT2D eigenvalue weighted by atomic mass is 10.2. The molecule has 0 unspecified atom stereocenters. The summed E-state index contributed by atoms with van der Waals surface area (Å²) in [5.74, 6) is 0.328. The highest BCUT2D eigenvalue weighted by Gasteiger charge is 2.41. The number of benzene rings is 1. The third-order valence-corrected chi connectivity index (χ3v) is 4.81. The Bertz CT molecular complexity index is 550. The maximum atomic E-state index is 12.2. The lowest BCUT2D eigenvalue weighted by molar-refractivity contribution is 0.401. The molecule has 0 aliphatic heterocycles. The average Bonchev–Trinajstić information content (AvgIpc) is 3.04. The first kappa shape index (κ1) is 13.3. The van der Waals surface area contributed by atoms with Crippen molar-refractivity contribution < 1.29 is 13.2 Å². The van der Waals surface area contributed by atoms with Crippen molar-refractivity contribution in [2.75, 3.05) is 7.11 Å². The first-order valence-electron chi connectivity index (χ1n) is 5.81. The van der Waals surface area contributed by atoms with Crippen LogP contribution in [0.5, 0.6) is 5.75 Å². The molecule has 1 aliphatic rings. The summed E-state index contributed by atoms with van der Waals surface area (Å²) in [6.07, 6.45) is 1.74. The first-order valence-corrected chi connectivity index (χ1v) is 7.29. The molecule has 1 aromatic carbocycles. The van der Waals surface area contributed by atoms with Crippen LogP contribution in [0.3, 0.4) is 0 Å². The van der Waals surface area contributed by atoms with E-state index < -0.39 is 10.0 Å². The summed E-state index contributed by atoms with van der Waals surface area (Å²) in [7, 11) is -2.09. The van der Waals surface area contributed by atoms with Crippen LogP contribution in [0.15, 0.2) is 23.1 Å². The number of rotatable bonds is 5. The number of nitrogens with two attached hydrogens (primary N) is 1. The highest BCUT2D eigenvalue weighted by molar-refractivity contribution is 7.89. The lowest BCUT2D eigenvalue weighted by Gasteiger charge is -2.15. The zero-order chi connectivity index (χ0) is 13.4. The zero-order valence-corrected chi connectivity index (χ0v) is 11.4. The molecule has 0 amide bonds. The van der Waals surface area contributed by atoms with Crippen molar-refractivity contribution in [3.63, 3.8) is 0 Å². The van der Waals surface area contributed by atoms with Crippen molar-refractivity contribution in [3.8, 4) is 5.75 Å². The normalized spacial score (nSPS) is 17.5. The van der Waals surface area contributed by atoms with Crippen LogP contribution in [0.2, 0.25) is 0 Å². The standard InChI is InChI=1S/C12H18N2O3S/c1-12(5-6-12)14-18(15,16)11-4-3-9(8-13)7-10(11)17-2/h3-4,7,14H,5-6,8,13H2,1-2H3. The molecule has 3 N–H and O–H groups in total. The predicted octanol–water partition coefficient (Wildman–Crippen LogP) is 0.985. The van der Waals surface area contributed by atoms with E-state index >= 15 is 0 Å². The summed E-state index contributed by atoms with van der Waals surface area (Å²) in [5, 5.41) is 0. The van der Waals surface area contributed by atoms with E-state index in [2.05, 4.69) is 4.72 Å². The van der Waals surface area contributed by atoms with Crippen molar-refractivity contribution >= 4 is 10.0 Å². The summed E-state index contributed by atoms with van der Waals surface area (Å²) in [6.45, 7) is 2.24. The average molecular weight is 270 g/mol. The van der Waals surface area contributed by atoms with E-state index in [1.54, 1.807) is 12.1 Å². The predicted molar refractivity (Wildman–Crippen MR) is 68.8 cm³/mol. The van der Waals surface area contributed by atoms with Crippen LogP contribution in [0, 0.1) is 0 Å². The van der Waals surface area contributed by atoms with Crippen molar-refractivity contribution in [2.45, 2.75) is 36.7 Å². The molecule has 1 aromatic rings. The Labute approximate surface area is 107 Å². The Balaban J connectivity index is 2.37. The van der Waals surface area contributed by atoms with E-state index in [4.69, 9.17) is 10.5 Å². The van der Waals surface area contributed by atoms with Gasteiger partial charge in [-0.2, -0.15) is 0 Å². The van der Waals surface area contributed by atoms with Crippen LogP contribution in [-0.4, -0.2) is 21.1 Å². The van der Waals surface area contributed by atoms with Crippen LogP contribution in [0.1, 0.15) is 25.3 Å². The Kier molecular flexibility index (Phi) is 3.35. The minimum atomic E-state index is -3.54. The Morgan fingerprint density at radius 1 is 1.44 bits per heavy atom. The molecule has 5 nitrogen and oxygen atoms in total. The molecule has 0 atom stereocenters. The summed E-state index contributed by atoms with van der Waals surface area (Å²) in [6, 6.07) is 4.89. The fourth-order valence-corrected chi connectivity index (χ4v) is 3.35. The second kappa shape index (κ2) is 4.53. The molecule has 0 spiro atoms. The molecule has 0 radical (unpaired) electrons. The summed E-state index contributed by atoms with van der Waals surface area (Å²) in [4.78, 5) is 0.162. The molecule has 1 fully saturated rings. The van der Waals surface area contributed by atoms with Gasteiger partial charge in [-0.25, -0.2) is 13.1 Å². The van der Waals surface area contributed by atoms with Crippen LogP contribution >= 0.6 is 0 Å². The molecule has 100 valence electrons. The van der Waals surface area contributed by atoms with Gasteiger partial charge in [-0.3, -0.25) is 0 Å². The number of nitrogens with one attached hydrogen (secondary N) is 1. The van der Waals surface area contributed by atoms with Gasteiger partial charge in [0.05, 0.1) is 7.11 Å². The van der Waals surface area contributed by atoms with Crippen molar-refractivity contribution in [3.05, 3.63) is 23.8 Å². The van der Waals surface area contributed by atoms with Crippen molar-refractivity contribution in [2.24, 2.45) is 5.73 Å². The number of hydrogen-bond acceptors (Lipinski definition) is 4. The summed E-state index contributed by atoms with van der Waals surface area (Å²) < 4.78 is 32.3. The van der Waals surface area contributed by atoms with Crippen LogP contribution in [0.4, 0.5) is 0 Å². The van der Waals surface area contributed by atoms with Crippen molar-refractivity contribution in [1.82, 2.24) is 4.72 Å². The fraction of sp³-hybridized carbons (Fsp3) is 0.500. The van der Waals surface area contributed by atoms with E-state index in [-0.39, 0.29) is 10.4 Å². The van der Waals surface area contributed by atoms with E-state index in [0.717, 1.165) is 18.4 Å². The smallest absolute Gasteiger partial charge is 0.244 e. The monoisotopic (exact) mass is 270 g/mol. The number of hydrogen-bond donors (Lipinski definition) is 2. The number of ether oxygens (including phenoxy) is 1. The molecule has 6 heteroatoms. The summed E-state index contributed by atoms with van der Waals surface area (Å²) in [5.41, 5.74) is 6.06. The molecular weight excluding hydrogens is 252 g/mol. The Morgan fingerprint density at radius 3 is 2.61 bits per heavy atom. The van der Waals surface area contributed by atoms with Gasteiger partial charge in [-0.1, -0.05) is 6.07 Å². The van der Waals surface area contributed by atoms with Gasteiger partial charge < -0.3 is 10.5 Å². The summed E-state index contributed by atoms with van der Waals surface area (Å²) >= 11 is 0. The first-order chi connectivity index (χ1) is 8.40. The van der Waals surface area contributed by atoms with Crippen LogP contribution in [0.25, 0.3) is 0 Å². The second-order valence-electron chi connectivity index (χ2n) is 4.86. The molecule has 0 aromatic heterocycles. The molecule has 0 bridgehead atoms. The van der Waals surface area contributed by atoms with Gasteiger partial charge in [-0.15, -0.1) is 0 Å². The topological polar surface area (TPSA) is 81.4 Å². The molecule has 18 heavy (non-hydrogen) atoms. The third-order valence-electron chi connectivity index (χ3n) is 3.13. The van der Waals surface area contributed by atoms with Gasteiger partial charge in [0.2, 0.25) is 10.0 Å². The zero-order valence-electron chi connectivity index (χ0n) is 10.6. The largest absolute Gasteiger partial charge is 0.495 e. The van der Waals surface area contributed by atoms with E-state index in [9.17, 15) is 8.42 Å². The SMILES string of the molecule is COc1cc(CN)ccc1S(=O)(=O)NC1(C)CC1. The molecule has 1 aliphatic carbocycles. The number of sulfonamides is 1. The van der Waals surface area contributed by atoms with Gasteiger partial charge in [-0.05, 0) is 37.5 Å². The molecule has 2 rings (SSSR count). The third kappa shape index (κ3) is 2.66. The Hall–Kier alpha value is -1.11.